The maximum absolute atomic E-state index is 5.48. The molecule has 4 heteroatoms. The van der Waals surface area contributed by atoms with Crippen LogP contribution in [0.1, 0.15) is 17.0 Å². The van der Waals surface area contributed by atoms with Crippen LogP contribution >= 0.6 is 15.9 Å². The molecule has 0 saturated heterocycles. The molecule has 2 N–H and O–H groups in total. The molecule has 2 aromatic rings. The summed E-state index contributed by atoms with van der Waals surface area (Å²) in [6.45, 7) is 0.632. The van der Waals surface area contributed by atoms with Crippen LogP contribution in [0.2, 0.25) is 0 Å². The van der Waals surface area contributed by atoms with E-state index in [1.807, 2.05) is 30.6 Å². The average Bonchev–Trinajstić information content (AvgIpc) is 2.35. The van der Waals surface area contributed by atoms with Gasteiger partial charge in [0.25, 0.3) is 0 Å². The van der Waals surface area contributed by atoms with Crippen molar-refractivity contribution in [1.82, 2.24) is 9.97 Å². The zero-order chi connectivity index (χ0) is 12.1. The molecule has 0 fully saturated rings. The van der Waals surface area contributed by atoms with Crippen molar-refractivity contribution in [2.45, 2.75) is 12.8 Å². The van der Waals surface area contributed by atoms with E-state index < -0.39 is 0 Å². The lowest BCUT2D eigenvalue weighted by Gasteiger charge is -2.04. The molecule has 0 aliphatic heterocycles. The van der Waals surface area contributed by atoms with E-state index in [4.69, 9.17) is 5.73 Å². The third kappa shape index (κ3) is 3.35. The van der Waals surface area contributed by atoms with Gasteiger partial charge in [-0.1, -0.05) is 34.1 Å². The highest BCUT2D eigenvalue weighted by atomic mass is 79.9. The molecular formula is C13H14BrN3. The van der Waals surface area contributed by atoms with E-state index in [1.165, 1.54) is 5.56 Å². The van der Waals surface area contributed by atoms with E-state index in [-0.39, 0.29) is 0 Å². The Kier molecular flexibility index (Phi) is 4.23. The SMILES string of the molecule is NCCc1cnc(Cc2ccccc2Br)nc1. The Morgan fingerprint density at radius 2 is 1.82 bits per heavy atom. The van der Waals surface area contributed by atoms with Gasteiger partial charge in [-0.15, -0.1) is 0 Å². The quantitative estimate of drug-likeness (QED) is 0.941. The van der Waals surface area contributed by atoms with Gasteiger partial charge in [0.1, 0.15) is 5.82 Å². The zero-order valence-corrected chi connectivity index (χ0v) is 11.0. The molecule has 1 aromatic heterocycles. The number of hydrogen-bond acceptors (Lipinski definition) is 3. The van der Waals surface area contributed by atoms with Crippen molar-refractivity contribution >= 4 is 15.9 Å². The summed E-state index contributed by atoms with van der Waals surface area (Å²) in [6, 6.07) is 8.11. The first-order valence-electron chi connectivity index (χ1n) is 5.53. The predicted octanol–water partition coefficient (Wildman–Crippen LogP) is 2.33. The molecule has 1 heterocycles. The van der Waals surface area contributed by atoms with Crippen molar-refractivity contribution in [3.8, 4) is 0 Å². The Bertz CT molecular complexity index is 482. The molecule has 2 rings (SSSR count). The molecule has 0 aliphatic rings. The number of nitrogens with two attached hydrogens (primary N) is 1. The first kappa shape index (κ1) is 12.2. The molecule has 0 spiro atoms. The molecular weight excluding hydrogens is 278 g/mol. The normalized spacial score (nSPS) is 10.5. The average molecular weight is 292 g/mol. The predicted molar refractivity (Wildman–Crippen MR) is 71.7 cm³/mol. The Labute approximate surface area is 109 Å². The Morgan fingerprint density at radius 3 is 2.47 bits per heavy atom. The molecule has 0 aliphatic carbocycles. The molecule has 0 amide bonds. The van der Waals surface area contributed by atoms with Gasteiger partial charge in [-0.3, -0.25) is 0 Å². The molecule has 0 bridgehead atoms. The minimum atomic E-state index is 0.632. The second-order valence-electron chi connectivity index (χ2n) is 3.81. The van der Waals surface area contributed by atoms with Gasteiger partial charge in [0, 0.05) is 23.3 Å². The maximum atomic E-state index is 5.48. The first-order chi connectivity index (χ1) is 8.29. The van der Waals surface area contributed by atoms with E-state index in [0.29, 0.717) is 6.54 Å². The number of halogens is 1. The van der Waals surface area contributed by atoms with Crippen LogP contribution < -0.4 is 5.73 Å². The standard InChI is InChI=1S/C13H14BrN3/c14-12-4-2-1-3-11(12)7-13-16-8-10(5-6-15)9-17-13/h1-4,8-9H,5-7,15H2. The summed E-state index contributed by atoms with van der Waals surface area (Å²) in [5.41, 5.74) is 7.76. The van der Waals surface area contributed by atoms with Crippen LogP contribution in [0, 0.1) is 0 Å². The van der Waals surface area contributed by atoms with Gasteiger partial charge in [-0.25, -0.2) is 9.97 Å². The van der Waals surface area contributed by atoms with Crippen molar-refractivity contribution in [1.29, 1.82) is 0 Å². The molecule has 0 atom stereocenters. The minimum Gasteiger partial charge on any atom is -0.330 e. The van der Waals surface area contributed by atoms with E-state index >= 15 is 0 Å². The monoisotopic (exact) mass is 291 g/mol. The third-order valence-electron chi connectivity index (χ3n) is 2.50. The fourth-order valence-corrected chi connectivity index (χ4v) is 2.01. The van der Waals surface area contributed by atoms with Gasteiger partial charge in [0.05, 0.1) is 0 Å². The summed E-state index contributed by atoms with van der Waals surface area (Å²) >= 11 is 3.52. The minimum absolute atomic E-state index is 0.632. The summed E-state index contributed by atoms with van der Waals surface area (Å²) in [4.78, 5) is 8.69. The fourth-order valence-electron chi connectivity index (χ4n) is 1.58. The summed E-state index contributed by atoms with van der Waals surface area (Å²) in [6.07, 6.45) is 5.28. The summed E-state index contributed by atoms with van der Waals surface area (Å²) in [5.74, 6) is 0.831. The van der Waals surface area contributed by atoms with Crippen LogP contribution in [0.25, 0.3) is 0 Å². The summed E-state index contributed by atoms with van der Waals surface area (Å²) < 4.78 is 1.09. The van der Waals surface area contributed by atoms with Crippen LogP contribution in [0.15, 0.2) is 41.1 Å². The van der Waals surface area contributed by atoms with Gasteiger partial charge in [0.15, 0.2) is 0 Å². The second kappa shape index (κ2) is 5.89. The van der Waals surface area contributed by atoms with E-state index in [1.54, 1.807) is 0 Å². The molecule has 17 heavy (non-hydrogen) atoms. The lowest BCUT2D eigenvalue weighted by Crippen LogP contribution is -2.05. The van der Waals surface area contributed by atoms with Crippen LogP contribution in [0.3, 0.4) is 0 Å². The first-order valence-corrected chi connectivity index (χ1v) is 6.32. The van der Waals surface area contributed by atoms with Gasteiger partial charge in [-0.2, -0.15) is 0 Å². The van der Waals surface area contributed by atoms with E-state index in [0.717, 1.165) is 28.7 Å². The second-order valence-corrected chi connectivity index (χ2v) is 4.67. The van der Waals surface area contributed by atoms with Crippen LogP contribution in [-0.2, 0) is 12.8 Å². The molecule has 3 nitrogen and oxygen atoms in total. The molecule has 1 aromatic carbocycles. The maximum Gasteiger partial charge on any atom is 0.132 e. The number of aromatic nitrogens is 2. The van der Waals surface area contributed by atoms with Crippen molar-refractivity contribution in [3.05, 3.63) is 58.1 Å². The zero-order valence-electron chi connectivity index (χ0n) is 9.44. The van der Waals surface area contributed by atoms with Crippen LogP contribution in [0.5, 0.6) is 0 Å². The Morgan fingerprint density at radius 1 is 1.12 bits per heavy atom. The highest BCUT2D eigenvalue weighted by Gasteiger charge is 2.03. The molecule has 0 radical (unpaired) electrons. The number of nitrogens with zero attached hydrogens (tertiary/aromatic N) is 2. The number of rotatable bonds is 4. The smallest absolute Gasteiger partial charge is 0.132 e. The van der Waals surface area contributed by atoms with Gasteiger partial charge in [-0.05, 0) is 30.2 Å². The number of hydrogen-bond donors (Lipinski definition) is 1. The van der Waals surface area contributed by atoms with E-state index in [9.17, 15) is 0 Å². The molecule has 88 valence electrons. The Balaban J connectivity index is 2.11. The number of benzene rings is 1. The largest absolute Gasteiger partial charge is 0.330 e. The molecule has 0 saturated carbocycles. The van der Waals surface area contributed by atoms with E-state index in [2.05, 4.69) is 32.0 Å². The van der Waals surface area contributed by atoms with Crippen LogP contribution in [0.4, 0.5) is 0 Å². The van der Waals surface area contributed by atoms with Crippen molar-refractivity contribution < 1.29 is 0 Å². The topological polar surface area (TPSA) is 51.8 Å². The lowest BCUT2D eigenvalue weighted by atomic mass is 10.1. The summed E-state index contributed by atoms with van der Waals surface area (Å²) in [7, 11) is 0. The van der Waals surface area contributed by atoms with Crippen molar-refractivity contribution in [2.24, 2.45) is 5.73 Å². The van der Waals surface area contributed by atoms with Crippen LogP contribution in [-0.4, -0.2) is 16.5 Å². The van der Waals surface area contributed by atoms with Gasteiger partial charge < -0.3 is 5.73 Å². The van der Waals surface area contributed by atoms with Crippen molar-refractivity contribution in [2.75, 3.05) is 6.54 Å². The third-order valence-corrected chi connectivity index (χ3v) is 3.27. The van der Waals surface area contributed by atoms with Gasteiger partial charge >= 0.3 is 0 Å². The van der Waals surface area contributed by atoms with Crippen molar-refractivity contribution in [3.63, 3.8) is 0 Å². The molecule has 0 unspecified atom stereocenters. The summed E-state index contributed by atoms with van der Waals surface area (Å²) in [5, 5.41) is 0. The highest BCUT2D eigenvalue weighted by molar-refractivity contribution is 9.10. The lowest BCUT2D eigenvalue weighted by molar-refractivity contribution is 0.900. The van der Waals surface area contributed by atoms with Gasteiger partial charge in [0.2, 0.25) is 0 Å². The Hall–Kier alpha value is -1.26. The fraction of sp³-hybridized carbons (Fsp3) is 0.231. The highest BCUT2D eigenvalue weighted by Crippen LogP contribution is 2.17.